The van der Waals surface area contributed by atoms with Crippen LogP contribution in [0.5, 0.6) is 23.4 Å². The van der Waals surface area contributed by atoms with Crippen LogP contribution in [0.1, 0.15) is 76.5 Å². The molecule has 4 fully saturated rings. The summed E-state index contributed by atoms with van der Waals surface area (Å²) < 4.78 is 142. The largest absolute Gasteiger partial charge is 0.497 e. The Bertz CT molecular complexity index is 2800. The molecule has 5 aliphatic heterocycles. The summed E-state index contributed by atoms with van der Waals surface area (Å²) >= 11 is 0. The standard InChI is InChI=1S/C51H54F7N7O6/c1-27-44-35-17-12-31(65(35)48(66)71-49(2,3)4)25-64(44)45-37-43(60-47(61-45)69-26-50-18-7-19-63(50)24-30(52)21-50)41(55)42(59-46(37)70-27)34-20-36(39(53)40(54)38(34)51(56,57)58)62(22-28-8-13-32(67-5)14-9-28)23-29-10-15-33(68-6)16-11-29/h8-11,13-16,20,27,30-31,35,44H,7,12,17-19,21-26H2,1-6H3/t27-,30+,31+,35-,44+,50-/m0/s1. The second kappa shape index (κ2) is 18.1. The van der Waals surface area contributed by atoms with Crippen LogP contribution in [0.4, 0.5) is 47.0 Å². The van der Waals surface area contributed by atoms with Crippen LogP contribution in [-0.2, 0) is 24.0 Å². The van der Waals surface area contributed by atoms with Crippen molar-refractivity contribution in [1.29, 1.82) is 0 Å². The summed E-state index contributed by atoms with van der Waals surface area (Å²) in [5.41, 5.74) is -5.79. The molecule has 10 rings (SSSR count). The number of methoxy groups -OCH3 is 2. The summed E-state index contributed by atoms with van der Waals surface area (Å²) in [7, 11) is 2.95. The van der Waals surface area contributed by atoms with Gasteiger partial charge >= 0.3 is 18.3 Å². The number of carbonyl (C=O) groups is 1. The van der Waals surface area contributed by atoms with Crippen molar-refractivity contribution in [2.45, 2.75) is 121 Å². The second-order valence-corrected chi connectivity index (χ2v) is 20.1. The predicted octanol–water partition coefficient (Wildman–Crippen LogP) is 10.0. The topological polar surface area (TPSA) is 115 Å². The van der Waals surface area contributed by atoms with E-state index in [2.05, 4.69) is 9.97 Å². The molecule has 2 bridgehead atoms. The van der Waals surface area contributed by atoms with E-state index < -0.39 is 93.2 Å². The molecule has 2 aromatic heterocycles. The number of nitrogens with zero attached hydrogens (tertiary/aromatic N) is 7. The van der Waals surface area contributed by atoms with Crippen molar-refractivity contribution in [1.82, 2.24) is 24.8 Å². The summed E-state index contributed by atoms with van der Waals surface area (Å²) in [5, 5.41) is -0.0968. The lowest BCUT2D eigenvalue weighted by Gasteiger charge is -2.48. The minimum Gasteiger partial charge on any atom is -0.497 e. The molecule has 5 aromatic rings. The number of anilines is 2. The van der Waals surface area contributed by atoms with Crippen LogP contribution < -0.4 is 28.7 Å². The molecular weight excluding hydrogens is 940 g/mol. The van der Waals surface area contributed by atoms with Crippen molar-refractivity contribution in [3.05, 3.63) is 88.7 Å². The van der Waals surface area contributed by atoms with Gasteiger partial charge in [-0.15, -0.1) is 0 Å². The van der Waals surface area contributed by atoms with Gasteiger partial charge in [0.2, 0.25) is 5.88 Å². The highest BCUT2D eigenvalue weighted by atomic mass is 19.4. The molecule has 0 spiro atoms. The molecule has 7 heterocycles. The van der Waals surface area contributed by atoms with E-state index in [1.807, 2.05) is 9.80 Å². The molecule has 4 saturated heterocycles. The summed E-state index contributed by atoms with van der Waals surface area (Å²) in [4.78, 5) is 34.5. The van der Waals surface area contributed by atoms with Gasteiger partial charge in [0.15, 0.2) is 17.5 Å². The third kappa shape index (κ3) is 8.83. The smallest absolute Gasteiger partial charge is 0.419 e. The Morgan fingerprint density at radius 2 is 1.55 bits per heavy atom. The number of aromatic nitrogens is 3. The lowest BCUT2D eigenvalue weighted by Crippen LogP contribution is -2.65. The SMILES string of the molecule is COc1ccc(CN(Cc2ccc(OC)cc2)c2cc(-c3nc4c5c(nc(OC[C@@]67CCCN6C[C@H](F)C7)nc5c3F)N3C[C@H]5CC[C@@H]([C@H]3[C@H](C)O4)N5C(=O)OC(C)(C)C)c(C(F)(F)F)c(F)c2F)cc1. The van der Waals surface area contributed by atoms with Crippen LogP contribution in [0, 0.1) is 17.5 Å². The molecule has 0 radical (unpaired) electrons. The molecule has 3 aromatic carbocycles. The Kier molecular flexibility index (Phi) is 12.3. The maximum absolute atomic E-state index is 17.9. The van der Waals surface area contributed by atoms with Gasteiger partial charge in [0, 0.05) is 38.2 Å². The van der Waals surface area contributed by atoms with E-state index in [-0.39, 0.29) is 68.3 Å². The second-order valence-electron chi connectivity index (χ2n) is 20.1. The molecule has 378 valence electrons. The molecule has 0 N–H and O–H groups in total. The van der Waals surface area contributed by atoms with Crippen LogP contribution in [0.2, 0.25) is 0 Å². The number of piperazine rings is 1. The van der Waals surface area contributed by atoms with Gasteiger partial charge < -0.3 is 33.5 Å². The number of halogens is 7. The average Bonchev–Trinajstić information content (AvgIpc) is 3.94. The molecule has 1 amide bonds. The minimum absolute atomic E-state index is 0.0677. The Balaban J connectivity index is 1.15. The molecule has 13 nitrogen and oxygen atoms in total. The molecule has 5 aliphatic rings. The van der Waals surface area contributed by atoms with Crippen molar-refractivity contribution < 1.29 is 59.2 Å². The number of amides is 1. The highest BCUT2D eigenvalue weighted by Gasteiger charge is 2.55. The van der Waals surface area contributed by atoms with E-state index >= 15 is 26.3 Å². The summed E-state index contributed by atoms with van der Waals surface area (Å²) in [6.07, 6.45) is -5.36. The number of benzene rings is 3. The van der Waals surface area contributed by atoms with E-state index in [9.17, 15) is 9.18 Å². The van der Waals surface area contributed by atoms with Gasteiger partial charge in [0.05, 0.1) is 43.6 Å². The third-order valence-electron chi connectivity index (χ3n) is 14.4. The van der Waals surface area contributed by atoms with Crippen LogP contribution in [0.15, 0.2) is 54.6 Å². The fraction of sp³-hybridized carbons (Fsp3) is 0.490. The summed E-state index contributed by atoms with van der Waals surface area (Å²) in [6.45, 7) is 7.67. The lowest BCUT2D eigenvalue weighted by molar-refractivity contribution is -0.139. The molecule has 0 aliphatic carbocycles. The van der Waals surface area contributed by atoms with E-state index in [0.29, 0.717) is 48.4 Å². The first-order valence-corrected chi connectivity index (χ1v) is 23.7. The molecule has 0 unspecified atom stereocenters. The first-order valence-electron chi connectivity index (χ1n) is 23.7. The monoisotopic (exact) mass is 993 g/mol. The first kappa shape index (κ1) is 48.3. The zero-order chi connectivity index (χ0) is 50.3. The Morgan fingerprint density at radius 1 is 0.887 bits per heavy atom. The van der Waals surface area contributed by atoms with E-state index in [1.165, 1.54) is 19.1 Å². The molecule has 20 heteroatoms. The number of hydrogen-bond donors (Lipinski definition) is 0. The van der Waals surface area contributed by atoms with E-state index in [1.54, 1.807) is 81.1 Å². The average molecular weight is 994 g/mol. The van der Waals surface area contributed by atoms with Gasteiger partial charge in [0.25, 0.3) is 0 Å². The van der Waals surface area contributed by atoms with Gasteiger partial charge in [-0.05, 0) is 101 Å². The van der Waals surface area contributed by atoms with E-state index in [4.69, 9.17) is 28.7 Å². The van der Waals surface area contributed by atoms with Gasteiger partial charge in [-0.25, -0.2) is 27.3 Å². The molecular formula is C51H54F7N7O6. The third-order valence-corrected chi connectivity index (χ3v) is 14.4. The Labute approximate surface area is 405 Å². The zero-order valence-electron chi connectivity index (χ0n) is 40.1. The first-order chi connectivity index (χ1) is 33.8. The van der Waals surface area contributed by atoms with Gasteiger partial charge in [-0.3, -0.25) is 9.80 Å². The van der Waals surface area contributed by atoms with Gasteiger partial charge in [0.1, 0.15) is 64.0 Å². The maximum Gasteiger partial charge on any atom is 0.419 e. The molecule has 0 saturated carbocycles. The number of alkyl halides is 4. The van der Waals surface area contributed by atoms with E-state index in [0.717, 1.165) is 12.5 Å². The molecule has 71 heavy (non-hydrogen) atoms. The zero-order valence-corrected chi connectivity index (χ0v) is 40.1. The van der Waals surface area contributed by atoms with Crippen molar-refractivity contribution in [2.24, 2.45) is 0 Å². The number of fused-ring (bicyclic) bond motifs is 6. The van der Waals surface area contributed by atoms with Gasteiger partial charge in [-0.2, -0.15) is 23.1 Å². The van der Waals surface area contributed by atoms with Crippen LogP contribution in [-0.4, -0.2) is 113 Å². The fourth-order valence-electron chi connectivity index (χ4n) is 11.3. The fourth-order valence-corrected chi connectivity index (χ4v) is 11.3. The Morgan fingerprint density at radius 3 is 2.17 bits per heavy atom. The normalized spacial score (nSPS) is 23.8. The number of rotatable bonds is 11. The van der Waals surface area contributed by atoms with Crippen molar-refractivity contribution in [2.75, 3.05) is 50.3 Å². The van der Waals surface area contributed by atoms with Crippen molar-refractivity contribution >= 4 is 28.5 Å². The predicted molar refractivity (Wildman–Crippen MR) is 248 cm³/mol. The summed E-state index contributed by atoms with van der Waals surface area (Å²) in [6, 6.07) is 12.1. The number of hydrogen-bond acceptors (Lipinski definition) is 12. The lowest BCUT2D eigenvalue weighted by atomic mass is 9.95. The quantitative estimate of drug-likeness (QED) is 0.117. The van der Waals surface area contributed by atoms with Crippen LogP contribution in [0.3, 0.4) is 0 Å². The minimum atomic E-state index is -5.57. The van der Waals surface area contributed by atoms with Gasteiger partial charge in [-0.1, -0.05) is 24.3 Å². The van der Waals surface area contributed by atoms with Crippen LogP contribution >= 0.6 is 0 Å². The summed E-state index contributed by atoms with van der Waals surface area (Å²) in [5.74, 6) is -4.76. The van der Waals surface area contributed by atoms with Crippen molar-refractivity contribution in [3.63, 3.8) is 0 Å². The van der Waals surface area contributed by atoms with Crippen molar-refractivity contribution in [3.8, 4) is 34.6 Å². The van der Waals surface area contributed by atoms with Crippen LogP contribution in [0.25, 0.3) is 22.2 Å². The highest BCUT2D eigenvalue weighted by molar-refractivity contribution is 5.98. The number of carbonyl (C=O) groups excluding carboxylic acids is 1. The highest BCUT2D eigenvalue weighted by Crippen LogP contribution is 2.50. The number of ether oxygens (including phenoxy) is 5. The maximum atomic E-state index is 17.9. The number of pyridine rings is 1. The Hall–Kier alpha value is -6.31. The molecule has 6 atom stereocenters.